The van der Waals surface area contributed by atoms with E-state index < -0.39 is 0 Å². The number of hydrogen-bond donors (Lipinski definition) is 1. The maximum Gasteiger partial charge on any atom is 0.262 e. The van der Waals surface area contributed by atoms with Gasteiger partial charge >= 0.3 is 0 Å². The maximum atomic E-state index is 12.4. The van der Waals surface area contributed by atoms with E-state index in [0.29, 0.717) is 18.0 Å². The summed E-state index contributed by atoms with van der Waals surface area (Å²) in [5, 5.41) is 2.89. The topological polar surface area (TPSA) is 47.6 Å². The summed E-state index contributed by atoms with van der Waals surface area (Å²) in [5.41, 5.74) is 3.90. The van der Waals surface area contributed by atoms with Gasteiger partial charge in [0.05, 0.1) is 12.3 Å². The molecule has 0 bridgehead atoms. The van der Waals surface area contributed by atoms with Gasteiger partial charge in [-0.25, -0.2) is 0 Å². The van der Waals surface area contributed by atoms with Gasteiger partial charge in [0, 0.05) is 4.47 Å². The molecule has 0 unspecified atom stereocenters. The first-order valence-corrected chi connectivity index (χ1v) is 10.8. The second kappa shape index (κ2) is 10.8. The van der Waals surface area contributed by atoms with Crippen molar-refractivity contribution in [3.8, 4) is 11.5 Å². The molecule has 3 aromatic carbocycles. The first-order chi connectivity index (χ1) is 14.5. The monoisotopic (exact) mass is 467 g/mol. The number of carbonyl (C=O) groups excluding carboxylic acids is 1. The van der Waals surface area contributed by atoms with Crippen molar-refractivity contribution in [1.29, 1.82) is 0 Å². The van der Waals surface area contributed by atoms with Crippen molar-refractivity contribution >= 4 is 27.5 Å². The lowest BCUT2D eigenvalue weighted by Crippen LogP contribution is -2.21. The number of carbonyl (C=O) groups is 1. The molecule has 4 nitrogen and oxygen atoms in total. The van der Waals surface area contributed by atoms with Crippen LogP contribution in [-0.2, 0) is 11.2 Å². The zero-order valence-electron chi connectivity index (χ0n) is 17.3. The lowest BCUT2D eigenvalue weighted by Gasteiger charge is -2.14. The zero-order chi connectivity index (χ0) is 21.3. The third-order valence-corrected chi connectivity index (χ3v) is 5.10. The second-order valence-corrected chi connectivity index (χ2v) is 8.06. The van der Waals surface area contributed by atoms with E-state index in [-0.39, 0.29) is 12.5 Å². The van der Waals surface area contributed by atoms with Crippen LogP contribution in [0, 0.1) is 13.8 Å². The molecule has 1 N–H and O–H groups in total. The first-order valence-electron chi connectivity index (χ1n) is 9.98. The molecule has 5 heteroatoms. The predicted molar refractivity (Wildman–Crippen MR) is 124 cm³/mol. The van der Waals surface area contributed by atoms with Gasteiger partial charge in [-0.15, -0.1) is 0 Å². The van der Waals surface area contributed by atoms with Gasteiger partial charge in [-0.3, -0.25) is 4.79 Å². The summed E-state index contributed by atoms with van der Waals surface area (Å²) in [6, 6.07) is 21.7. The molecule has 0 saturated heterocycles. The fourth-order valence-corrected chi connectivity index (χ4v) is 3.93. The number of rotatable bonds is 9. The molecule has 3 aromatic rings. The zero-order valence-corrected chi connectivity index (χ0v) is 18.9. The second-order valence-electron chi connectivity index (χ2n) is 7.14. The molecule has 0 saturated carbocycles. The number of para-hydroxylation sites is 2. The number of halogens is 1. The van der Waals surface area contributed by atoms with Crippen molar-refractivity contribution in [2.75, 3.05) is 18.5 Å². The molecule has 0 aliphatic heterocycles. The lowest BCUT2D eigenvalue weighted by atomic mass is 10.1. The highest BCUT2D eigenvalue weighted by atomic mass is 79.9. The van der Waals surface area contributed by atoms with E-state index in [1.807, 2.05) is 68.4 Å². The fraction of sp³-hybridized carbons (Fsp3) is 0.240. The highest BCUT2D eigenvalue weighted by molar-refractivity contribution is 9.10. The minimum absolute atomic E-state index is 0.0638. The Morgan fingerprint density at radius 3 is 2.33 bits per heavy atom. The molecular weight excluding hydrogens is 442 g/mol. The van der Waals surface area contributed by atoms with Crippen LogP contribution in [0.5, 0.6) is 11.5 Å². The molecule has 0 aromatic heterocycles. The Bertz CT molecular complexity index is 966. The number of amides is 1. The van der Waals surface area contributed by atoms with Crippen molar-refractivity contribution < 1.29 is 14.3 Å². The Kier molecular flexibility index (Phi) is 7.91. The number of benzene rings is 3. The van der Waals surface area contributed by atoms with Crippen LogP contribution in [0.2, 0.25) is 0 Å². The molecule has 0 radical (unpaired) electrons. The van der Waals surface area contributed by atoms with E-state index >= 15 is 0 Å². The van der Waals surface area contributed by atoms with Gasteiger partial charge in [-0.1, -0.05) is 58.4 Å². The quantitative estimate of drug-likeness (QED) is 0.387. The Morgan fingerprint density at radius 1 is 0.933 bits per heavy atom. The minimum atomic E-state index is -0.225. The van der Waals surface area contributed by atoms with Gasteiger partial charge in [0.1, 0.15) is 11.5 Å². The van der Waals surface area contributed by atoms with Crippen molar-refractivity contribution in [3.63, 3.8) is 0 Å². The lowest BCUT2D eigenvalue weighted by molar-refractivity contribution is -0.118. The van der Waals surface area contributed by atoms with Crippen molar-refractivity contribution in [3.05, 3.63) is 87.9 Å². The third-order valence-electron chi connectivity index (χ3n) is 4.64. The van der Waals surface area contributed by atoms with E-state index in [9.17, 15) is 4.79 Å². The smallest absolute Gasteiger partial charge is 0.262 e. The minimum Gasteiger partial charge on any atom is -0.491 e. The highest BCUT2D eigenvalue weighted by Gasteiger charge is 2.11. The molecule has 30 heavy (non-hydrogen) atoms. The van der Waals surface area contributed by atoms with E-state index in [2.05, 4.69) is 33.4 Å². The van der Waals surface area contributed by atoms with Crippen LogP contribution >= 0.6 is 15.9 Å². The molecule has 0 fully saturated rings. The predicted octanol–water partition coefficient (Wildman–Crippen LogP) is 6.10. The summed E-state index contributed by atoms with van der Waals surface area (Å²) in [5.74, 6) is 1.17. The summed E-state index contributed by atoms with van der Waals surface area (Å²) < 4.78 is 12.7. The molecule has 0 heterocycles. The number of hydrogen-bond acceptors (Lipinski definition) is 3. The first kappa shape index (κ1) is 21.9. The van der Waals surface area contributed by atoms with Gasteiger partial charge in [0.25, 0.3) is 5.91 Å². The van der Waals surface area contributed by atoms with Crippen LogP contribution < -0.4 is 14.8 Å². The molecule has 0 spiro atoms. The van der Waals surface area contributed by atoms with Gasteiger partial charge in [0.2, 0.25) is 0 Å². The van der Waals surface area contributed by atoms with Crippen LogP contribution in [0.3, 0.4) is 0 Å². The van der Waals surface area contributed by atoms with Crippen LogP contribution in [0.15, 0.2) is 71.2 Å². The Hall–Kier alpha value is -2.79. The Labute approximate surface area is 186 Å². The van der Waals surface area contributed by atoms with Crippen LogP contribution in [0.4, 0.5) is 5.69 Å². The summed E-state index contributed by atoms with van der Waals surface area (Å²) in [6.07, 6.45) is 1.85. The highest BCUT2D eigenvalue weighted by Crippen LogP contribution is 2.28. The molecule has 156 valence electrons. The molecule has 1 amide bonds. The Balaban J connectivity index is 1.52. The van der Waals surface area contributed by atoms with Crippen molar-refractivity contribution in [2.45, 2.75) is 26.7 Å². The molecular formula is C25H26BrNO3. The number of nitrogens with one attached hydrogen (secondary N) is 1. The largest absolute Gasteiger partial charge is 0.491 e. The molecule has 0 aliphatic carbocycles. The van der Waals surface area contributed by atoms with Gasteiger partial charge in [-0.2, -0.15) is 0 Å². The van der Waals surface area contributed by atoms with Crippen molar-refractivity contribution in [2.24, 2.45) is 0 Å². The van der Waals surface area contributed by atoms with Crippen LogP contribution in [0.25, 0.3) is 0 Å². The van der Waals surface area contributed by atoms with E-state index in [1.165, 1.54) is 5.56 Å². The van der Waals surface area contributed by atoms with E-state index in [4.69, 9.17) is 9.47 Å². The van der Waals surface area contributed by atoms with Gasteiger partial charge in [-0.05, 0) is 67.6 Å². The average Bonchev–Trinajstić information content (AvgIpc) is 2.72. The van der Waals surface area contributed by atoms with Crippen LogP contribution in [-0.4, -0.2) is 19.1 Å². The standard InChI is InChI=1S/C25H26BrNO3/c1-18-15-21(26)16-19(2)25(18)30-17-24(28)27-22-12-6-7-13-23(22)29-14-8-11-20-9-4-3-5-10-20/h3-7,9-10,12-13,15-16H,8,11,14,17H2,1-2H3,(H,27,28). The summed E-state index contributed by atoms with van der Waals surface area (Å²) in [6.45, 7) is 4.44. The molecule has 0 aliphatic rings. The summed E-state index contributed by atoms with van der Waals surface area (Å²) >= 11 is 3.47. The number of ether oxygens (including phenoxy) is 2. The average molecular weight is 468 g/mol. The number of aryl methyl sites for hydroxylation is 3. The van der Waals surface area contributed by atoms with Crippen LogP contribution in [0.1, 0.15) is 23.1 Å². The number of anilines is 1. The summed E-state index contributed by atoms with van der Waals surface area (Å²) in [7, 11) is 0. The van der Waals surface area contributed by atoms with Gasteiger partial charge in [0.15, 0.2) is 6.61 Å². The SMILES string of the molecule is Cc1cc(Br)cc(C)c1OCC(=O)Nc1ccccc1OCCCc1ccccc1. The molecule has 3 rings (SSSR count). The summed E-state index contributed by atoms with van der Waals surface area (Å²) in [4.78, 5) is 12.4. The van der Waals surface area contributed by atoms with Crippen molar-refractivity contribution in [1.82, 2.24) is 0 Å². The normalized spacial score (nSPS) is 10.5. The maximum absolute atomic E-state index is 12.4. The van der Waals surface area contributed by atoms with Gasteiger partial charge < -0.3 is 14.8 Å². The third kappa shape index (κ3) is 6.36. The fourth-order valence-electron chi connectivity index (χ4n) is 3.25. The van der Waals surface area contributed by atoms with E-state index in [0.717, 1.165) is 34.2 Å². The molecule has 0 atom stereocenters. The van der Waals surface area contributed by atoms with E-state index in [1.54, 1.807) is 0 Å². The Morgan fingerprint density at radius 2 is 1.60 bits per heavy atom.